The Kier molecular flexibility index (Phi) is 5.47. The summed E-state index contributed by atoms with van der Waals surface area (Å²) >= 11 is 0. The monoisotopic (exact) mass is 338 g/mol. The Bertz CT molecular complexity index is 740. The highest BCUT2D eigenvalue weighted by atomic mass is 16.5. The van der Waals surface area contributed by atoms with E-state index < -0.39 is 0 Å². The summed E-state index contributed by atoms with van der Waals surface area (Å²) in [6.07, 6.45) is 7.92. The lowest BCUT2D eigenvalue weighted by atomic mass is 9.81. The lowest BCUT2D eigenvalue weighted by Gasteiger charge is -2.26. The second kappa shape index (κ2) is 7.77. The molecule has 0 bridgehead atoms. The molecule has 0 saturated heterocycles. The first-order valence-corrected chi connectivity index (χ1v) is 9.18. The SMILES string of the molecule is CCC(C)CC1CCc2nc(-c3ccc(OC(C)=O)cc3)ncc2C1. The summed E-state index contributed by atoms with van der Waals surface area (Å²) in [5.41, 5.74) is 3.44. The van der Waals surface area contributed by atoms with E-state index in [4.69, 9.17) is 9.72 Å². The number of rotatable bonds is 5. The van der Waals surface area contributed by atoms with Gasteiger partial charge in [-0.3, -0.25) is 4.79 Å². The van der Waals surface area contributed by atoms with Gasteiger partial charge in [-0.1, -0.05) is 20.3 Å². The number of ether oxygens (including phenoxy) is 1. The highest BCUT2D eigenvalue weighted by Gasteiger charge is 2.22. The number of carbonyl (C=O) groups is 1. The average Bonchev–Trinajstić information content (AvgIpc) is 2.61. The first-order valence-electron chi connectivity index (χ1n) is 9.18. The maximum absolute atomic E-state index is 11.0. The van der Waals surface area contributed by atoms with Crippen LogP contribution in [0.25, 0.3) is 11.4 Å². The highest BCUT2D eigenvalue weighted by molar-refractivity contribution is 5.69. The van der Waals surface area contributed by atoms with Crippen LogP contribution in [0.15, 0.2) is 30.5 Å². The fourth-order valence-electron chi connectivity index (χ4n) is 3.50. The molecule has 1 aliphatic rings. The summed E-state index contributed by atoms with van der Waals surface area (Å²) in [5, 5.41) is 0. The van der Waals surface area contributed by atoms with E-state index in [9.17, 15) is 4.79 Å². The molecular weight excluding hydrogens is 312 g/mol. The molecule has 2 atom stereocenters. The van der Waals surface area contributed by atoms with Crippen molar-refractivity contribution in [3.63, 3.8) is 0 Å². The zero-order valence-electron chi connectivity index (χ0n) is 15.3. The molecular formula is C21H26N2O2. The molecule has 2 unspecified atom stereocenters. The van der Waals surface area contributed by atoms with Crippen molar-refractivity contribution < 1.29 is 9.53 Å². The second-order valence-corrected chi connectivity index (χ2v) is 7.14. The summed E-state index contributed by atoms with van der Waals surface area (Å²) in [7, 11) is 0. The van der Waals surface area contributed by atoms with Gasteiger partial charge in [0.2, 0.25) is 0 Å². The van der Waals surface area contributed by atoms with Crippen molar-refractivity contribution in [2.45, 2.75) is 52.9 Å². The molecule has 1 aliphatic carbocycles. The summed E-state index contributed by atoms with van der Waals surface area (Å²) in [5.74, 6) is 2.53. The largest absolute Gasteiger partial charge is 0.427 e. The van der Waals surface area contributed by atoms with Crippen molar-refractivity contribution in [1.82, 2.24) is 9.97 Å². The molecule has 25 heavy (non-hydrogen) atoms. The molecule has 1 heterocycles. The van der Waals surface area contributed by atoms with Crippen LogP contribution in [0.2, 0.25) is 0 Å². The lowest BCUT2D eigenvalue weighted by molar-refractivity contribution is -0.131. The van der Waals surface area contributed by atoms with E-state index in [0.717, 1.165) is 36.1 Å². The number of hydrogen-bond acceptors (Lipinski definition) is 4. The van der Waals surface area contributed by atoms with Gasteiger partial charge >= 0.3 is 5.97 Å². The maximum Gasteiger partial charge on any atom is 0.308 e. The first-order chi connectivity index (χ1) is 12.0. The van der Waals surface area contributed by atoms with Crippen molar-refractivity contribution in [3.05, 3.63) is 41.7 Å². The molecule has 0 fully saturated rings. The molecule has 0 saturated carbocycles. The normalized spacial score (nSPS) is 17.6. The van der Waals surface area contributed by atoms with Crippen LogP contribution in [0.5, 0.6) is 5.75 Å². The Morgan fingerprint density at radius 3 is 2.76 bits per heavy atom. The van der Waals surface area contributed by atoms with Gasteiger partial charge in [0.25, 0.3) is 0 Å². The minimum atomic E-state index is -0.315. The first kappa shape index (κ1) is 17.6. The Morgan fingerprint density at radius 1 is 1.32 bits per heavy atom. The number of aryl methyl sites for hydroxylation is 1. The molecule has 0 aliphatic heterocycles. The summed E-state index contributed by atoms with van der Waals surface area (Å²) in [6, 6.07) is 7.35. The van der Waals surface area contributed by atoms with Gasteiger partial charge in [0.05, 0.1) is 0 Å². The molecule has 0 radical (unpaired) electrons. The van der Waals surface area contributed by atoms with E-state index in [1.54, 1.807) is 12.1 Å². The minimum Gasteiger partial charge on any atom is -0.427 e. The zero-order chi connectivity index (χ0) is 17.8. The summed E-state index contributed by atoms with van der Waals surface area (Å²) in [6.45, 7) is 6.01. The van der Waals surface area contributed by atoms with E-state index in [-0.39, 0.29) is 5.97 Å². The minimum absolute atomic E-state index is 0.315. The van der Waals surface area contributed by atoms with Crippen molar-refractivity contribution in [2.24, 2.45) is 11.8 Å². The van der Waals surface area contributed by atoms with Gasteiger partial charge in [0, 0.05) is 24.4 Å². The van der Waals surface area contributed by atoms with Crippen LogP contribution in [-0.2, 0) is 17.6 Å². The third kappa shape index (κ3) is 4.44. The van der Waals surface area contributed by atoms with E-state index in [1.807, 2.05) is 18.3 Å². The average molecular weight is 338 g/mol. The number of aromatic nitrogens is 2. The summed E-state index contributed by atoms with van der Waals surface area (Å²) in [4.78, 5) is 20.4. The van der Waals surface area contributed by atoms with Crippen LogP contribution in [0.4, 0.5) is 0 Å². The fraction of sp³-hybridized carbons (Fsp3) is 0.476. The molecule has 1 aromatic carbocycles. The van der Waals surface area contributed by atoms with Crippen molar-refractivity contribution in [2.75, 3.05) is 0 Å². The molecule has 0 spiro atoms. The molecule has 0 N–H and O–H groups in total. The van der Waals surface area contributed by atoms with Crippen LogP contribution >= 0.6 is 0 Å². The summed E-state index contributed by atoms with van der Waals surface area (Å²) < 4.78 is 5.07. The molecule has 1 aromatic heterocycles. The van der Waals surface area contributed by atoms with Crippen molar-refractivity contribution >= 4 is 5.97 Å². The lowest BCUT2D eigenvalue weighted by Crippen LogP contribution is -2.18. The van der Waals surface area contributed by atoms with Gasteiger partial charge in [0.1, 0.15) is 5.75 Å². The molecule has 4 nitrogen and oxygen atoms in total. The molecule has 0 amide bonds. The van der Waals surface area contributed by atoms with Gasteiger partial charge in [-0.05, 0) is 67.3 Å². The Morgan fingerprint density at radius 2 is 2.08 bits per heavy atom. The highest BCUT2D eigenvalue weighted by Crippen LogP contribution is 2.30. The fourth-order valence-corrected chi connectivity index (χ4v) is 3.50. The molecule has 3 rings (SSSR count). The Balaban J connectivity index is 1.73. The number of carbonyl (C=O) groups excluding carboxylic acids is 1. The predicted molar refractivity (Wildman–Crippen MR) is 98.4 cm³/mol. The second-order valence-electron chi connectivity index (χ2n) is 7.14. The predicted octanol–water partition coefficient (Wildman–Crippen LogP) is 4.61. The van der Waals surface area contributed by atoms with E-state index in [1.165, 1.54) is 37.4 Å². The van der Waals surface area contributed by atoms with Gasteiger partial charge in [-0.2, -0.15) is 0 Å². The molecule has 132 valence electrons. The molecule has 2 aromatic rings. The smallest absolute Gasteiger partial charge is 0.308 e. The molecule has 4 heteroatoms. The van der Waals surface area contributed by atoms with Crippen LogP contribution in [0.3, 0.4) is 0 Å². The number of nitrogens with zero attached hydrogens (tertiary/aromatic N) is 2. The topological polar surface area (TPSA) is 52.1 Å². The van der Waals surface area contributed by atoms with Crippen LogP contribution in [0, 0.1) is 11.8 Å². The number of esters is 1. The van der Waals surface area contributed by atoms with Gasteiger partial charge in [-0.15, -0.1) is 0 Å². The van der Waals surface area contributed by atoms with Gasteiger partial charge < -0.3 is 4.74 Å². The third-order valence-corrected chi connectivity index (χ3v) is 5.06. The van der Waals surface area contributed by atoms with Gasteiger partial charge in [0.15, 0.2) is 5.82 Å². The maximum atomic E-state index is 11.0. The zero-order valence-corrected chi connectivity index (χ0v) is 15.3. The van der Waals surface area contributed by atoms with Gasteiger partial charge in [-0.25, -0.2) is 9.97 Å². The van der Waals surface area contributed by atoms with Crippen LogP contribution < -0.4 is 4.74 Å². The van der Waals surface area contributed by atoms with E-state index in [2.05, 4.69) is 18.8 Å². The number of hydrogen-bond donors (Lipinski definition) is 0. The Labute approximate surface area is 149 Å². The third-order valence-electron chi connectivity index (χ3n) is 5.06. The quantitative estimate of drug-likeness (QED) is 0.590. The Hall–Kier alpha value is -2.23. The standard InChI is InChI=1S/C21H26N2O2/c1-4-14(2)11-16-5-10-20-18(12-16)13-22-21(23-20)17-6-8-19(9-7-17)25-15(3)24/h6-9,13-14,16H,4-5,10-12H2,1-3H3. The van der Waals surface area contributed by atoms with E-state index in [0.29, 0.717) is 5.75 Å². The number of fused-ring (bicyclic) bond motifs is 1. The van der Waals surface area contributed by atoms with E-state index >= 15 is 0 Å². The van der Waals surface area contributed by atoms with Crippen molar-refractivity contribution in [3.8, 4) is 17.1 Å². The van der Waals surface area contributed by atoms with Crippen LogP contribution in [-0.4, -0.2) is 15.9 Å². The van der Waals surface area contributed by atoms with Crippen molar-refractivity contribution in [1.29, 1.82) is 0 Å². The van der Waals surface area contributed by atoms with Crippen LogP contribution in [0.1, 0.15) is 51.3 Å². The number of benzene rings is 1.